The number of esters is 1. The van der Waals surface area contributed by atoms with Gasteiger partial charge in [-0.2, -0.15) is 0 Å². The molecule has 1 atom stereocenters. The van der Waals surface area contributed by atoms with Crippen molar-refractivity contribution < 1.29 is 22.7 Å². The van der Waals surface area contributed by atoms with Gasteiger partial charge in [0.15, 0.2) is 16.4 Å². The fraction of sp³-hybridized carbons (Fsp3) is 0.824. The van der Waals surface area contributed by atoms with Crippen molar-refractivity contribution in [2.45, 2.75) is 39.2 Å². The van der Waals surface area contributed by atoms with Crippen molar-refractivity contribution in [2.24, 2.45) is 5.92 Å². The van der Waals surface area contributed by atoms with Gasteiger partial charge >= 0.3 is 5.97 Å². The topological polar surface area (TPSA) is 84.0 Å². The number of amides is 1. The van der Waals surface area contributed by atoms with Gasteiger partial charge < -0.3 is 14.5 Å². The number of thioether (sulfide) groups is 1. The van der Waals surface area contributed by atoms with E-state index in [0.29, 0.717) is 23.2 Å². The third-order valence-electron chi connectivity index (χ3n) is 5.02. The molecule has 2 rings (SSSR count). The Morgan fingerprint density at radius 3 is 2.48 bits per heavy atom. The van der Waals surface area contributed by atoms with Gasteiger partial charge in [0.1, 0.15) is 4.32 Å². The van der Waals surface area contributed by atoms with E-state index in [1.165, 1.54) is 16.7 Å². The summed E-state index contributed by atoms with van der Waals surface area (Å²) in [6.07, 6.45) is 2.64. The lowest BCUT2D eigenvalue weighted by Gasteiger charge is -2.31. The second-order valence-electron chi connectivity index (χ2n) is 7.12. The third kappa shape index (κ3) is 6.90. The molecule has 1 unspecified atom stereocenters. The summed E-state index contributed by atoms with van der Waals surface area (Å²) in [6.45, 7) is 5.87. The van der Waals surface area contributed by atoms with Gasteiger partial charge in [-0.3, -0.25) is 9.59 Å². The van der Waals surface area contributed by atoms with Crippen LogP contribution < -0.4 is 0 Å². The number of carbonyl (C=O) groups is 2. The molecule has 0 saturated carbocycles. The van der Waals surface area contributed by atoms with E-state index in [0.717, 1.165) is 25.9 Å². The quantitative estimate of drug-likeness (QED) is 0.455. The largest absolute Gasteiger partial charge is 0.455 e. The van der Waals surface area contributed by atoms with Crippen LogP contribution >= 0.6 is 24.0 Å². The van der Waals surface area contributed by atoms with Gasteiger partial charge in [-0.1, -0.05) is 30.9 Å². The predicted molar refractivity (Wildman–Crippen MR) is 110 cm³/mol. The Bertz CT molecular complexity index is 659. The number of likely N-dealkylation sites (tertiary alicyclic amines) is 1. The first-order chi connectivity index (χ1) is 12.7. The lowest BCUT2D eigenvalue weighted by molar-refractivity contribution is -0.150. The maximum Gasteiger partial charge on any atom is 0.316 e. The van der Waals surface area contributed by atoms with Crippen LogP contribution in [0.3, 0.4) is 0 Å². The fourth-order valence-corrected chi connectivity index (χ4v) is 6.11. The van der Waals surface area contributed by atoms with Crippen molar-refractivity contribution in [3.63, 3.8) is 0 Å². The van der Waals surface area contributed by atoms with Crippen molar-refractivity contribution in [1.29, 1.82) is 0 Å². The highest BCUT2D eigenvalue weighted by molar-refractivity contribution is 8.23. The highest BCUT2D eigenvalue weighted by Crippen LogP contribution is 2.20. The minimum atomic E-state index is -3.07. The molecule has 0 radical (unpaired) electrons. The number of piperidine rings is 1. The first kappa shape index (κ1) is 22.4. The van der Waals surface area contributed by atoms with Crippen LogP contribution in [0.1, 0.15) is 33.1 Å². The van der Waals surface area contributed by atoms with E-state index in [-0.39, 0.29) is 35.8 Å². The highest BCUT2D eigenvalue weighted by Gasteiger charge is 2.34. The van der Waals surface area contributed by atoms with Crippen molar-refractivity contribution in [3.8, 4) is 0 Å². The minimum absolute atomic E-state index is 0.0148. The molecule has 2 aliphatic rings. The summed E-state index contributed by atoms with van der Waals surface area (Å²) in [6, 6.07) is -0.324. The Morgan fingerprint density at radius 2 is 1.93 bits per heavy atom. The molecule has 2 heterocycles. The molecule has 0 aromatic rings. The molecular weight excluding hydrogens is 408 g/mol. The van der Waals surface area contributed by atoms with E-state index < -0.39 is 15.8 Å². The van der Waals surface area contributed by atoms with Crippen molar-refractivity contribution in [3.05, 3.63) is 0 Å². The lowest BCUT2D eigenvalue weighted by atomic mass is 10.00. The van der Waals surface area contributed by atoms with Gasteiger partial charge in [-0.05, 0) is 32.1 Å². The number of hydrogen-bond acceptors (Lipinski definition) is 7. The third-order valence-corrected chi connectivity index (χ3v) is 8.27. The number of thiocarbonyl (C=S) groups is 1. The average Bonchev–Trinajstić information content (AvgIpc) is 2.98. The molecule has 27 heavy (non-hydrogen) atoms. The van der Waals surface area contributed by atoms with Gasteiger partial charge in [0, 0.05) is 25.7 Å². The maximum absolute atomic E-state index is 12.3. The van der Waals surface area contributed by atoms with Crippen LogP contribution in [-0.4, -0.2) is 84.0 Å². The molecule has 154 valence electrons. The Kier molecular flexibility index (Phi) is 8.36. The van der Waals surface area contributed by atoms with E-state index in [9.17, 15) is 18.0 Å². The zero-order valence-electron chi connectivity index (χ0n) is 15.9. The van der Waals surface area contributed by atoms with E-state index in [1.54, 1.807) is 6.92 Å². The van der Waals surface area contributed by atoms with Crippen LogP contribution in [-0.2, 0) is 24.2 Å². The van der Waals surface area contributed by atoms with Gasteiger partial charge in [0.25, 0.3) is 5.91 Å². The number of carbonyl (C=O) groups excluding carboxylic acids is 2. The molecule has 10 heteroatoms. The average molecular weight is 437 g/mol. The van der Waals surface area contributed by atoms with Gasteiger partial charge in [-0.15, -0.1) is 0 Å². The highest BCUT2D eigenvalue weighted by atomic mass is 32.2. The number of nitrogens with zero attached hydrogens (tertiary/aromatic N) is 2. The number of ether oxygens (including phenoxy) is 1. The molecule has 2 aliphatic heterocycles. The molecule has 0 aliphatic carbocycles. The van der Waals surface area contributed by atoms with Gasteiger partial charge in [0.05, 0.1) is 17.3 Å². The normalized spacial score (nSPS) is 22.4. The van der Waals surface area contributed by atoms with Crippen LogP contribution in [0.25, 0.3) is 0 Å². The van der Waals surface area contributed by atoms with Crippen molar-refractivity contribution >= 4 is 50.0 Å². The van der Waals surface area contributed by atoms with E-state index >= 15 is 0 Å². The molecule has 0 aromatic heterocycles. The van der Waals surface area contributed by atoms with Gasteiger partial charge in [-0.25, -0.2) is 8.42 Å². The molecule has 1 amide bonds. The Labute approximate surface area is 171 Å². The lowest BCUT2D eigenvalue weighted by Crippen LogP contribution is -2.43. The van der Waals surface area contributed by atoms with Crippen molar-refractivity contribution in [2.75, 3.05) is 43.5 Å². The monoisotopic (exact) mass is 436 g/mol. The molecular formula is C17H28N2O5S3. The van der Waals surface area contributed by atoms with Gasteiger partial charge in [0.2, 0.25) is 0 Å². The Balaban J connectivity index is 1.71. The molecule has 0 aromatic carbocycles. The predicted octanol–water partition coefficient (Wildman–Crippen LogP) is 1.32. The molecule has 7 nitrogen and oxygen atoms in total. The van der Waals surface area contributed by atoms with Crippen LogP contribution in [0.4, 0.5) is 0 Å². The number of rotatable bonds is 6. The van der Waals surface area contributed by atoms with E-state index in [4.69, 9.17) is 17.0 Å². The summed E-state index contributed by atoms with van der Waals surface area (Å²) in [5.74, 6) is 0.0225. The standard InChI is InChI=1S/C17H28N2O5S3/c1-3-19(14-6-9-27(22,23)12-14)15(20)10-24-16(21)11-26-17(25)18-7-4-13(2)5-8-18/h13-14H,3-12H2,1-2H3. The van der Waals surface area contributed by atoms with Crippen LogP contribution in [0, 0.1) is 5.92 Å². The summed E-state index contributed by atoms with van der Waals surface area (Å²) in [5.41, 5.74) is 0. The maximum atomic E-state index is 12.3. The Morgan fingerprint density at radius 1 is 1.26 bits per heavy atom. The molecule has 2 fully saturated rings. The van der Waals surface area contributed by atoms with Crippen LogP contribution in [0.15, 0.2) is 0 Å². The first-order valence-electron chi connectivity index (χ1n) is 9.29. The Hall–Kier alpha value is -0.870. The molecule has 0 bridgehead atoms. The molecule has 0 spiro atoms. The second-order valence-corrected chi connectivity index (χ2v) is 11.0. The summed E-state index contributed by atoms with van der Waals surface area (Å²) < 4.78 is 29.0. The van der Waals surface area contributed by atoms with E-state index in [1.807, 2.05) is 0 Å². The summed E-state index contributed by atoms with van der Waals surface area (Å²) in [7, 11) is -3.07. The van der Waals surface area contributed by atoms with Crippen LogP contribution in [0.2, 0.25) is 0 Å². The fourth-order valence-electron chi connectivity index (χ4n) is 3.33. The first-order valence-corrected chi connectivity index (χ1v) is 12.5. The smallest absolute Gasteiger partial charge is 0.316 e. The summed E-state index contributed by atoms with van der Waals surface area (Å²) in [5, 5.41) is 0. The summed E-state index contributed by atoms with van der Waals surface area (Å²) in [4.78, 5) is 27.8. The number of hydrogen-bond donors (Lipinski definition) is 0. The zero-order valence-corrected chi connectivity index (χ0v) is 18.3. The van der Waals surface area contributed by atoms with Crippen molar-refractivity contribution in [1.82, 2.24) is 9.80 Å². The summed E-state index contributed by atoms with van der Waals surface area (Å²) >= 11 is 6.63. The minimum Gasteiger partial charge on any atom is -0.455 e. The zero-order chi connectivity index (χ0) is 20.0. The van der Waals surface area contributed by atoms with E-state index in [2.05, 4.69) is 11.8 Å². The molecule has 2 saturated heterocycles. The molecule has 0 N–H and O–H groups in total. The van der Waals surface area contributed by atoms with Crippen LogP contribution in [0.5, 0.6) is 0 Å². The number of likely N-dealkylation sites (N-methyl/N-ethyl adjacent to an activating group) is 1. The second kappa shape index (κ2) is 10.1. The number of sulfone groups is 1. The SMILES string of the molecule is CCN(C(=O)COC(=O)CSC(=S)N1CCC(C)CC1)C1CCS(=O)(=O)C1.